The zero-order valence-electron chi connectivity index (χ0n) is 10.1. The molecule has 3 nitrogen and oxygen atoms in total. The monoisotopic (exact) mass is 212 g/mol. The number of nitrogens with zero attached hydrogens (tertiary/aromatic N) is 1. The first-order valence-electron chi connectivity index (χ1n) is 6.23. The molecule has 1 fully saturated rings. The summed E-state index contributed by atoms with van der Waals surface area (Å²) in [6, 6.07) is 0.521. The smallest absolute Gasteiger partial charge is 0.224 e. The fraction of sp³-hybridized carbons (Fsp3) is 0.917. The Balaban J connectivity index is 2.43. The van der Waals surface area contributed by atoms with Gasteiger partial charge in [0.2, 0.25) is 5.91 Å². The molecule has 0 aromatic heterocycles. The molecular formula is C12H24N2O. The molecule has 1 aliphatic heterocycles. The first-order chi connectivity index (χ1) is 7.29. The normalized spacial score (nSPS) is 21.7. The second-order valence-corrected chi connectivity index (χ2v) is 4.38. The Morgan fingerprint density at radius 3 is 2.93 bits per heavy atom. The number of piperidine rings is 1. The number of rotatable bonds is 5. The number of likely N-dealkylation sites (tertiary alicyclic amines) is 1. The minimum atomic E-state index is 0.336. The van der Waals surface area contributed by atoms with Crippen LogP contribution in [0.3, 0.4) is 0 Å². The van der Waals surface area contributed by atoms with Gasteiger partial charge in [0.15, 0.2) is 0 Å². The molecule has 0 radical (unpaired) electrons. The summed E-state index contributed by atoms with van der Waals surface area (Å²) in [6.45, 7) is 3.98. The van der Waals surface area contributed by atoms with Gasteiger partial charge in [0, 0.05) is 25.6 Å². The summed E-state index contributed by atoms with van der Waals surface area (Å²) in [4.78, 5) is 14.0. The molecule has 1 heterocycles. The summed E-state index contributed by atoms with van der Waals surface area (Å²) in [5.41, 5.74) is 0. The molecule has 1 saturated heterocycles. The van der Waals surface area contributed by atoms with E-state index in [0.717, 1.165) is 13.1 Å². The van der Waals surface area contributed by atoms with Gasteiger partial charge in [-0.1, -0.05) is 13.3 Å². The van der Waals surface area contributed by atoms with Crippen molar-refractivity contribution in [3.05, 3.63) is 0 Å². The highest BCUT2D eigenvalue weighted by Gasteiger charge is 2.24. The van der Waals surface area contributed by atoms with E-state index in [1.165, 1.54) is 32.1 Å². The van der Waals surface area contributed by atoms with Gasteiger partial charge in [-0.05, 0) is 32.7 Å². The number of nitrogens with one attached hydrogen (secondary N) is 1. The Bertz CT molecular complexity index is 192. The first-order valence-corrected chi connectivity index (χ1v) is 6.23. The third-order valence-corrected chi connectivity index (χ3v) is 3.16. The molecular weight excluding hydrogens is 188 g/mol. The molecule has 1 N–H and O–H groups in total. The van der Waals surface area contributed by atoms with Crippen LogP contribution in [0.2, 0.25) is 0 Å². The Labute approximate surface area is 93.2 Å². The van der Waals surface area contributed by atoms with E-state index >= 15 is 0 Å². The Hall–Kier alpha value is -0.570. The lowest BCUT2D eigenvalue weighted by molar-refractivity contribution is -0.134. The van der Waals surface area contributed by atoms with E-state index in [4.69, 9.17) is 0 Å². The highest BCUT2D eigenvalue weighted by molar-refractivity contribution is 5.76. The lowest BCUT2D eigenvalue weighted by Crippen LogP contribution is -2.44. The standard InChI is InChI=1S/C12H24N2O/c1-3-6-11-7-4-5-10-14(11)12(15)8-9-13-2/h11,13H,3-10H2,1-2H3. The molecule has 1 rings (SSSR count). The first kappa shape index (κ1) is 12.5. The van der Waals surface area contributed by atoms with Crippen LogP contribution in [0.15, 0.2) is 0 Å². The van der Waals surface area contributed by atoms with Crippen molar-refractivity contribution in [3.63, 3.8) is 0 Å². The second-order valence-electron chi connectivity index (χ2n) is 4.38. The van der Waals surface area contributed by atoms with Crippen molar-refractivity contribution in [1.29, 1.82) is 0 Å². The van der Waals surface area contributed by atoms with Crippen molar-refractivity contribution in [1.82, 2.24) is 10.2 Å². The molecule has 15 heavy (non-hydrogen) atoms. The van der Waals surface area contributed by atoms with Crippen LogP contribution in [-0.4, -0.2) is 37.0 Å². The van der Waals surface area contributed by atoms with Gasteiger partial charge in [-0.2, -0.15) is 0 Å². The molecule has 0 aromatic carbocycles. The van der Waals surface area contributed by atoms with Crippen molar-refractivity contribution < 1.29 is 4.79 Å². The van der Waals surface area contributed by atoms with Gasteiger partial charge in [-0.25, -0.2) is 0 Å². The Morgan fingerprint density at radius 2 is 2.27 bits per heavy atom. The molecule has 0 aromatic rings. The van der Waals surface area contributed by atoms with Gasteiger partial charge in [0.05, 0.1) is 0 Å². The summed E-state index contributed by atoms with van der Waals surface area (Å²) >= 11 is 0. The molecule has 0 saturated carbocycles. The van der Waals surface area contributed by atoms with Crippen molar-refractivity contribution in [3.8, 4) is 0 Å². The molecule has 0 bridgehead atoms. The highest BCUT2D eigenvalue weighted by atomic mass is 16.2. The van der Waals surface area contributed by atoms with Gasteiger partial charge in [0.25, 0.3) is 0 Å². The number of hydrogen-bond acceptors (Lipinski definition) is 2. The zero-order chi connectivity index (χ0) is 11.1. The van der Waals surface area contributed by atoms with Crippen LogP contribution in [0.1, 0.15) is 45.4 Å². The quantitative estimate of drug-likeness (QED) is 0.753. The van der Waals surface area contributed by atoms with Crippen molar-refractivity contribution in [2.24, 2.45) is 0 Å². The predicted molar refractivity (Wildman–Crippen MR) is 62.8 cm³/mol. The number of amides is 1. The average molecular weight is 212 g/mol. The van der Waals surface area contributed by atoms with E-state index in [1.54, 1.807) is 0 Å². The number of hydrogen-bond donors (Lipinski definition) is 1. The summed E-state index contributed by atoms with van der Waals surface area (Å²) in [5, 5.41) is 3.04. The summed E-state index contributed by atoms with van der Waals surface area (Å²) in [6.07, 6.45) is 6.69. The van der Waals surface area contributed by atoms with Crippen LogP contribution in [-0.2, 0) is 4.79 Å². The predicted octanol–water partition coefficient (Wildman–Crippen LogP) is 1.78. The van der Waals surface area contributed by atoms with Crippen LogP contribution < -0.4 is 5.32 Å². The maximum atomic E-state index is 11.9. The molecule has 0 spiro atoms. The molecule has 1 amide bonds. The lowest BCUT2D eigenvalue weighted by Gasteiger charge is -2.36. The molecule has 3 heteroatoms. The van der Waals surface area contributed by atoms with E-state index in [0.29, 0.717) is 18.4 Å². The Kier molecular flexibility index (Phi) is 5.69. The maximum Gasteiger partial charge on any atom is 0.224 e. The number of carbonyl (C=O) groups is 1. The summed E-state index contributed by atoms with van der Waals surface area (Å²) in [5.74, 6) is 0.336. The third-order valence-electron chi connectivity index (χ3n) is 3.16. The van der Waals surface area contributed by atoms with Gasteiger partial charge >= 0.3 is 0 Å². The molecule has 0 aliphatic carbocycles. The minimum Gasteiger partial charge on any atom is -0.340 e. The topological polar surface area (TPSA) is 32.3 Å². The Morgan fingerprint density at radius 1 is 1.47 bits per heavy atom. The van der Waals surface area contributed by atoms with Gasteiger partial charge in [-0.15, -0.1) is 0 Å². The van der Waals surface area contributed by atoms with Gasteiger partial charge in [0.1, 0.15) is 0 Å². The molecule has 1 atom stereocenters. The van der Waals surface area contributed by atoms with Crippen molar-refractivity contribution in [2.75, 3.05) is 20.1 Å². The van der Waals surface area contributed by atoms with Crippen molar-refractivity contribution in [2.45, 2.75) is 51.5 Å². The van der Waals surface area contributed by atoms with Crippen molar-refractivity contribution >= 4 is 5.91 Å². The van der Waals surface area contributed by atoms with E-state index in [-0.39, 0.29) is 0 Å². The van der Waals surface area contributed by atoms with E-state index in [9.17, 15) is 4.79 Å². The molecule has 88 valence electrons. The van der Waals surface area contributed by atoms with Crippen LogP contribution in [0.25, 0.3) is 0 Å². The SMILES string of the molecule is CCCC1CCCCN1C(=O)CCNC. The van der Waals surface area contributed by atoms with E-state index in [2.05, 4.69) is 17.1 Å². The molecule has 1 unspecified atom stereocenters. The minimum absolute atomic E-state index is 0.336. The fourth-order valence-corrected chi connectivity index (χ4v) is 2.34. The fourth-order valence-electron chi connectivity index (χ4n) is 2.34. The average Bonchev–Trinajstić information content (AvgIpc) is 2.27. The van der Waals surface area contributed by atoms with Crippen LogP contribution in [0.4, 0.5) is 0 Å². The summed E-state index contributed by atoms with van der Waals surface area (Å²) < 4.78 is 0. The number of carbonyl (C=O) groups excluding carboxylic acids is 1. The second kappa shape index (κ2) is 6.83. The van der Waals surface area contributed by atoms with Gasteiger partial charge < -0.3 is 10.2 Å². The third kappa shape index (κ3) is 3.82. The van der Waals surface area contributed by atoms with Crippen LogP contribution in [0, 0.1) is 0 Å². The van der Waals surface area contributed by atoms with E-state index < -0.39 is 0 Å². The lowest BCUT2D eigenvalue weighted by atomic mass is 9.98. The van der Waals surface area contributed by atoms with Gasteiger partial charge in [-0.3, -0.25) is 4.79 Å². The van der Waals surface area contributed by atoms with Crippen LogP contribution >= 0.6 is 0 Å². The highest BCUT2D eigenvalue weighted by Crippen LogP contribution is 2.21. The maximum absolute atomic E-state index is 11.9. The molecule has 1 aliphatic rings. The van der Waals surface area contributed by atoms with E-state index in [1.807, 2.05) is 7.05 Å². The zero-order valence-corrected chi connectivity index (χ0v) is 10.1. The van der Waals surface area contributed by atoms with Crippen LogP contribution in [0.5, 0.6) is 0 Å². The largest absolute Gasteiger partial charge is 0.340 e. The summed E-state index contributed by atoms with van der Waals surface area (Å²) in [7, 11) is 1.90.